The molecule has 0 fully saturated rings. The molecule has 15 rings (SSSR count). The largest absolute Gasteiger partial charge is 0.306 e. The number of para-hydroxylation sites is 7. The maximum atomic E-state index is 13.1. The van der Waals surface area contributed by atoms with Gasteiger partial charge in [0.2, 0.25) is 0 Å². The van der Waals surface area contributed by atoms with Crippen LogP contribution in [0.4, 0.5) is 0 Å². The van der Waals surface area contributed by atoms with E-state index in [1.807, 2.05) is 12.1 Å². The van der Waals surface area contributed by atoms with E-state index in [1.165, 1.54) is 0 Å². The van der Waals surface area contributed by atoms with Crippen LogP contribution in [0.5, 0.6) is 0 Å². The number of rotatable bonds is 4. The Balaban J connectivity index is 1.45. The van der Waals surface area contributed by atoms with Gasteiger partial charge in [-0.25, -0.2) is 0 Å². The summed E-state index contributed by atoms with van der Waals surface area (Å²) in [7, 11) is 0. The molecule has 0 atom stereocenters. The first-order valence-electron chi connectivity index (χ1n) is 37.3. The van der Waals surface area contributed by atoms with Crippen LogP contribution in [0.25, 0.3) is 130 Å². The Morgan fingerprint density at radius 3 is 0.942 bits per heavy atom. The first-order valence-corrected chi connectivity index (χ1v) is 21.1. The molecule has 0 aliphatic heterocycles. The minimum absolute atomic E-state index is 0.337. The Bertz CT molecular complexity index is 6650. The Hall–Kier alpha value is -9.40. The zero-order chi connectivity index (χ0) is 75.1. The summed E-state index contributed by atoms with van der Waals surface area (Å²) in [5.41, 5.74) is -14.3. The Labute approximate surface area is 445 Å². The number of nitriles is 2. The third kappa shape index (κ3) is 4.91. The third-order valence-corrected chi connectivity index (χ3v) is 13.2. The van der Waals surface area contributed by atoms with Crippen molar-refractivity contribution < 1.29 is 46.6 Å². The fourth-order valence-corrected chi connectivity index (χ4v) is 10.6. The van der Waals surface area contributed by atoms with Crippen LogP contribution in [0.1, 0.15) is 57.7 Å². The van der Waals surface area contributed by atoms with Crippen molar-refractivity contribution in [3.63, 3.8) is 0 Å². The smallest absolute Gasteiger partial charge is 0.104 e. The Morgan fingerprint density at radius 1 is 0.304 bits per heavy atom. The molecule has 0 bridgehead atoms. The van der Waals surface area contributed by atoms with E-state index in [4.69, 9.17) is 11.0 Å². The summed E-state index contributed by atoms with van der Waals surface area (Å²) < 4.78 is 323. The van der Waals surface area contributed by atoms with Crippen LogP contribution in [-0.2, 0) is 0 Å². The van der Waals surface area contributed by atoms with Gasteiger partial charge >= 0.3 is 0 Å². The van der Waals surface area contributed by atoms with Crippen molar-refractivity contribution in [3.8, 4) is 34.9 Å². The topological polar surface area (TPSA) is 67.3 Å². The van der Waals surface area contributed by atoms with E-state index in [9.17, 15) is 46.2 Å². The van der Waals surface area contributed by atoms with Gasteiger partial charge in [0, 0.05) is 58.6 Å². The van der Waals surface area contributed by atoms with Crippen molar-refractivity contribution in [3.05, 3.63) is 217 Å². The summed E-state index contributed by atoms with van der Waals surface area (Å²) in [4.78, 5) is 0. The van der Waals surface area contributed by atoms with Gasteiger partial charge in [-0.2, -0.15) is 10.5 Å². The fraction of sp³-hybridized carbons (Fsp3) is 0. The third-order valence-electron chi connectivity index (χ3n) is 12.1. The van der Waals surface area contributed by atoms with Gasteiger partial charge in [0.1, 0.15) is 23.3 Å². The summed E-state index contributed by atoms with van der Waals surface area (Å²) in [6, 6.07) is -31.5. The number of benzene rings is 10. The van der Waals surface area contributed by atoms with Gasteiger partial charge in [0.15, 0.2) is 0 Å². The molecule has 0 saturated heterocycles. The molecule has 5 aromatic heterocycles. The van der Waals surface area contributed by atoms with Crippen LogP contribution in [-0.4, -0.2) is 18.3 Å². The van der Waals surface area contributed by atoms with Gasteiger partial charge in [-0.15, -0.1) is 11.3 Å². The van der Waals surface area contributed by atoms with Crippen molar-refractivity contribution in [1.29, 1.82) is 10.5 Å². The summed E-state index contributed by atoms with van der Waals surface area (Å²) >= 11 is 0.475. The van der Waals surface area contributed by atoms with Crippen LogP contribution in [0.2, 0.25) is 0 Å². The number of fused-ring (bicyclic) bond motifs is 16. The van der Waals surface area contributed by atoms with E-state index >= 15 is 0 Å². The standard InChI is InChI=1S/C62H34N6S/c63-35-47-57(65-49-25-9-1-17-37(49)38-18-2-10-26-50(38)65)58(66-51-27-11-3-19-39(51)40-20-4-12-28-52(40)66)48(36-64)60(59(47)67-53-29-13-5-21-41(53)42-22-6-14-30-54(42)67)68-55-31-15-7-23-43(55)45-33-34-46-44-24-8-16-32-56(44)69-62(46)61(45)68/h1-34H/i1D,2D,3D,4D,5D,6D,7D,8D,9D,10D,11D,12D,13D,14D,15D,16D,17D,18D,19D,20D,21D,22D,23D,24D,25D,26D,27D,28D,29D,30D,31D,32D,33D,34D. The number of hydrogen-bond acceptors (Lipinski definition) is 3. The summed E-state index contributed by atoms with van der Waals surface area (Å²) in [5.74, 6) is 0. The maximum absolute atomic E-state index is 13.1. The van der Waals surface area contributed by atoms with E-state index in [1.54, 1.807) is 0 Å². The molecule has 69 heavy (non-hydrogen) atoms. The molecule has 0 aliphatic carbocycles. The predicted octanol–water partition coefficient (Wildman–Crippen LogP) is 16.2. The van der Waals surface area contributed by atoms with Crippen LogP contribution >= 0.6 is 11.3 Å². The second-order valence-corrected chi connectivity index (χ2v) is 16.3. The normalized spacial score (nSPS) is 18.9. The van der Waals surface area contributed by atoms with Gasteiger partial charge in [-0.05, 0) is 48.3 Å². The minimum Gasteiger partial charge on any atom is -0.306 e. The number of thiophene rings is 1. The molecule has 0 saturated carbocycles. The van der Waals surface area contributed by atoms with Crippen LogP contribution < -0.4 is 0 Å². The van der Waals surface area contributed by atoms with Crippen molar-refractivity contribution in [2.45, 2.75) is 0 Å². The molecule has 7 heteroatoms. The maximum Gasteiger partial charge on any atom is 0.104 e. The lowest BCUT2D eigenvalue weighted by atomic mass is 9.98. The molecule has 0 amide bonds. The highest BCUT2D eigenvalue weighted by atomic mass is 32.1. The molecule has 10 aromatic carbocycles. The lowest BCUT2D eigenvalue weighted by Crippen LogP contribution is -2.16. The molecule has 6 nitrogen and oxygen atoms in total. The molecule has 0 radical (unpaired) electrons. The van der Waals surface area contributed by atoms with Crippen LogP contribution in [0.15, 0.2) is 205 Å². The average molecular weight is 929 g/mol. The van der Waals surface area contributed by atoms with Crippen LogP contribution in [0, 0.1) is 22.7 Å². The molecular formula is C62H34N6S. The quantitative estimate of drug-likeness (QED) is 0.176. The second-order valence-electron chi connectivity index (χ2n) is 15.3. The fourth-order valence-electron chi connectivity index (χ4n) is 9.50. The Kier molecular flexibility index (Phi) is 3.60. The zero-order valence-corrected chi connectivity index (χ0v) is 34.9. The molecule has 0 unspecified atom stereocenters. The lowest BCUT2D eigenvalue weighted by molar-refractivity contribution is 1.03. The first kappa shape index (κ1) is 17.7. The monoisotopic (exact) mass is 928 g/mol. The number of hydrogen-bond donors (Lipinski definition) is 0. The number of aromatic nitrogens is 4. The minimum atomic E-state index is -1.27. The highest BCUT2D eigenvalue weighted by molar-refractivity contribution is 7.26. The highest BCUT2D eigenvalue weighted by Crippen LogP contribution is 2.50. The first-order chi connectivity index (χ1) is 48.3. The lowest BCUT2D eigenvalue weighted by Gasteiger charge is -2.27. The molecule has 5 heterocycles. The molecule has 0 spiro atoms. The summed E-state index contributed by atoms with van der Waals surface area (Å²) in [6.07, 6.45) is 0. The van der Waals surface area contributed by atoms with E-state index in [0.717, 1.165) is 4.57 Å². The van der Waals surface area contributed by atoms with Gasteiger partial charge in [0.05, 0.1) is 118 Å². The molecule has 0 aliphatic rings. The van der Waals surface area contributed by atoms with Gasteiger partial charge < -0.3 is 18.3 Å². The van der Waals surface area contributed by atoms with Gasteiger partial charge in [-0.1, -0.05) is 157 Å². The zero-order valence-electron chi connectivity index (χ0n) is 68.1. The number of nitrogens with zero attached hydrogens (tertiary/aromatic N) is 6. The van der Waals surface area contributed by atoms with Gasteiger partial charge in [-0.3, -0.25) is 0 Å². The molecule has 318 valence electrons. The van der Waals surface area contributed by atoms with Crippen molar-refractivity contribution >= 4 is 119 Å². The van der Waals surface area contributed by atoms with E-state index in [-0.39, 0.29) is 4.70 Å². The van der Waals surface area contributed by atoms with Crippen LogP contribution in [0.3, 0.4) is 0 Å². The molecule has 15 aromatic rings. The summed E-state index contributed by atoms with van der Waals surface area (Å²) in [6.45, 7) is 0. The van der Waals surface area contributed by atoms with Crippen molar-refractivity contribution in [2.75, 3.05) is 0 Å². The SMILES string of the molecule is [2H]c1c([2H])c([2H])c2c(sc3c2c([2H])c([2H])c2c4c([2H])c([2H])c([2H])c([2H])c4n(-c4c(C#N)c(-n5c6c([2H])c([2H])c([2H])c([2H])c6c6c([2H])c([2H])c([2H])c([2H])c65)c(-n5c6c([2H])c([2H])c([2H])c([2H])c6c6c([2H])c([2H])c([2H])c([2H])c65)c(C#N)c4-n4c5c([2H])c([2H])c([2H])c([2H])c5c5c([2H])c([2H])c([2H])c([2H])c54)c32)c1[2H]. The van der Waals surface area contributed by atoms with E-state index in [2.05, 4.69) is 0 Å². The van der Waals surface area contributed by atoms with Crippen molar-refractivity contribution in [2.24, 2.45) is 0 Å². The van der Waals surface area contributed by atoms with E-state index in [0.29, 0.717) is 25.0 Å². The van der Waals surface area contributed by atoms with Gasteiger partial charge in [0.25, 0.3) is 0 Å². The Morgan fingerprint density at radius 2 is 0.580 bits per heavy atom. The average Bonchev–Trinajstić information content (AvgIpc) is 1.52. The second kappa shape index (κ2) is 14.1. The highest BCUT2D eigenvalue weighted by Gasteiger charge is 2.35. The molecular weight excluding hydrogens is 861 g/mol. The van der Waals surface area contributed by atoms with E-state index < -0.39 is 342 Å². The van der Waals surface area contributed by atoms with Crippen molar-refractivity contribution in [1.82, 2.24) is 18.3 Å². The summed E-state index contributed by atoms with van der Waals surface area (Å²) in [5, 5.41) is 19.2. The predicted molar refractivity (Wildman–Crippen MR) is 286 cm³/mol. The molecule has 0 N–H and O–H groups in total.